The maximum atomic E-state index is 10.7. The average molecular weight is 97.1 g/mol. The Morgan fingerprint density at radius 2 is 2.17 bits per heavy atom. The Hall–Kier alpha value is -0.220. The van der Waals surface area contributed by atoms with Crippen LogP contribution in [0.4, 0.5) is 8.78 Å². The summed E-state index contributed by atoms with van der Waals surface area (Å²) in [7, 11) is 0. The van der Waals surface area contributed by atoms with E-state index in [1.54, 1.807) is 0 Å². The Morgan fingerprint density at radius 1 is 1.67 bits per heavy atom. The van der Waals surface area contributed by atoms with Gasteiger partial charge in [-0.3, -0.25) is 0 Å². The molecule has 0 aromatic rings. The van der Waals surface area contributed by atoms with E-state index in [4.69, 9.17) is 0 Å². The quantitative estimate of drug-likeness (QED) is 0.497. The number of hydrogen-bond donors (Lipinski definition) is 1. The van der Waals surface area contributed by atoms with E-state index in [0.29, 0.717) is 0 Å². The van der Waals surface area contributed by atoms with Crippen LogP contribution < -0.4 is 5.73 Å². The highest BCUT2D eigenvalue weighted by atomic mass is 19.3. The molecule has 0 bridgehead atoms. The van der Waals surface area contributed by atoms with Crippen LogP contribution in [-0.4, -0.2) is 13.3 Å². The van der Waals surface area contributed by atoms with E-state index in [1.165, 1.54) is 0 Å². The summed E-state index contributed by atoms with van der Waals surface area (Å²) in [5.74, 6) is 0. The average Bonchev–Trinajstić information content (AvgIpc) is 1.35. The second kappa shape index (κ2) is 2.99. The molecule has 2 nitrogen and oxygen atoms in total. The SMILES string of the molecule is NCOC(F)F. The van der Waals surface area contributed by atoms with E-state index < -0.39 is 13.3 Å². The first-order valence-corrected chi connectivity index (χ1v) is 1.37. The molecule has 0 amide bonds. The van der Waals surface area contributed by atoms with E-state index >= 15 is 0 Å². The van der Waals surface area contributed by atoms with Crippen molar-refractivity contribution in [3.8, 4) is 0 Å². The smallest absolute Gasteiger partial charge is 0.309 e. The fourth-order valence-electron chi connectivity index (χ4n) is 0.0727. The second-order valence-corrected chi connectivity index (χ2v) is 0.594. The van der Waals surface area contributed by atoms with Crippen molar-refractivity contribution in [1.82, 2.24) is 0 Å². The van der Waals surface area contributed by atoms with Crippen molar-refractivity contribution in [2.24, 2.45) is 5.73 Å². The van der Waals surface area contributed by atoms with Crippen LogP contribution in [0.3, 0.4) is 0 Å². The molecule has 0 fully saturated rings. The molecule has 38 valence electrons. The van der Waals surface area contributed by atoms with Gasteiger partial charge in [-0.25, -0.2) is 0 Å². The van der Waals surface area contributed by atoms with Crippen LogP contribution in [-0.2, 0) is 4.74 Å². The lowest BCUT2D eigenvalue weighted by Gasteiger charge is -1.92. The molecule has 0 aromatic carbocycles. The zero-order valence-corrected chi connectivity index (χ0v) is 3.03. The molecule has 0 aliphatic heterocycles. The summed E-state index contributed by atoms with van der Waals surface area (Å²) >= 11 is 0. The molecule has 0 rings (SSSR count). The molecule has 0 atom stereocenters. The van der Waals surface area contributed by atoms with Crippen molar-refractivity contribution in [2.45, 2.75) is 6.61 Å². The van der Waals surface area contributed by atoms with Gasteiger partial charge in [0.05, 0.1) is 0 Å². The number of nitrogens with two attached hydrogens (primary N) is 1. The molecule has 0 aliphatic carbocycles. The molecular weight excluding hydrogens is 92.0 g/mol. The Morgan fingerprint density at radius 3 is 2.17 bits per heavy atom. The first kappa shape index (κ1) is 5.78. The van der Waals surface area contributed by atoms with Gasteiger partial charge in [-0.05, 0) is 0 Å². The van der Waals surface area contributed by atoms with Crippen LogP contribution >= 0.6 is 0 Å². The highest BCUT2D eigenvalue weighted by Crippen LogP contribution is 1.89. The number of rotatable bonds is 2. The van der Waals surface area contributed by atoms with E-state index in [0.717, 1.165) is 0 Å². The molecule has 2 N–H and O–H groups in total. The van der Waals surface area contributed by atoms with Crippen molar-refractivity contribution >= 4 is 0 Å². The molecule has 0 saturated heterocycles. The molecule has 0 unspecified atom stereocenters. The van der Waals surface area contributed by atoms with Crippen LogP contribution in [0.2, 0.25) is 0 Å². The fraction of sp³-hybridized carbons (Fsp3) is 1.00. The van der Waals surface area contributed by atoms with Gasteiger partial charge in [0.25, 0.3) is 0 Å². The summed E-state index contributed by atoms with van der Waals surface area (Å²) in [5, 5.41) is 0. The van der Waals surface area contributed by atoms with Crippen LogP contribution in [0.15, 0.2) is 0 Å². The minimum Gasteiger partial charge on any atom is -0.309 e. The topological polar surface area (TPSA) is 35.2 Å². The van der Waals surface area contributed by atoms with E-state index in [1.807, 2.05) is 0 Å². The van der Waals surface area contributed by atoms with Gasteiger partial charge in [0.15, 0.2) is 0 Å². The molecule has 0 radical (unpaired) electrons. The minimum atomic E-state index is -2.73. The van der Waals surface area contributed by atoms with Gasteiger partial charge in [-0.15, -0.1) is 0 Å². The highest BCUT2D eigenvalue weighted by molar-refractivity contribution is 4.05. The summed E-state index contributed by atoms with van der Waals surface area (Å²) in [4.78, 5) is 0. The summed E-state index contributed by atoms with van der Waals surface area (Å²) in [6, 6.07) is 0. The van der Waals surface area contributed by atoms with Crippen molar-refractivity contribution < 1.29 is 13.5 Å². The number of halogens is 2. The van der Waals surface area contributed by atoms with Crippen LogP contribution in [0.5, 0.6) is 0 Å². The number of ether oxygens (including phenoxy) is 1. The van der Waals surface area contributed by atoms with Crippen LogP contribution in [0.1, 0.15) is 0 Å². The molecular formula is C2H5F2NO. The van der Waals surface area contributed by atoms with Crippen LogP contribution in [0, 0.1) is 0 Å². The van der Waals surface area contributed by atoms with Gasteiger partial charge in [0.1, 0.15) is 6.73 Å². The third kappa shape index (κ3) is 3.78. The normalized spacial score (nSPS) is 10.0. The number of alkyl halides is 2. The van der Waals surface area contributed by atoms with Gasteiger partial charge in [-0.1, -0.05) is 0 Å². The van der Waals surface area contributed by atoms with Crippen molar-refractivity contribution in [3.63, 3.8) is 0 Å². The summed E-state index contributed by atoms with van der Waals surface area (Å²) in [6.45, 7) is -3.15. The Bertz CT molecular complexity index is 32.7. The van der Waals surface area contributed by atoms with Gasteiger partial charge in [0.2, 0.25) is 0 Å². The predicted molar refractivity (Wildman–Crippen MR) is 16.1 cm³/mol. The Balaban J connectivity index is 2.63. The molecule has 0 aliphatic rings. The minimum absolute atomic E-state index is 0.419. The summed E-state index contributed by atoms with van der Waals surface area (Å²) in [6.07, 6.45) is 0. The van der Waals surface area contributed by atoms with Crippen molar-refractivity contribution in [2.75, 3.05) is 6.73 Å². The Kier molecular flexibility index (Phi) is 2.88. The lowest BCUT2D eigenvalue weighted by Crippen LogP contribution is -2.08. The van der Waals surface area contributed by atoms with E-state index in [-0.39, 0.29) is 0 Å². The molecule has 6 heavy (non-hydrogen) atoms. The van der Waals surface area contributed by atoms with Gasteiger partial charge in [0, 0.05) is 0 Å². The lowest BCUT2D eigenvalue weighted by molar-refractivity contribution is -0.126. The third-order valence-corrected chi connectivity index (χ3v) is 0.222. The molecule has 0 saturated carbocycles. The predicted octanol–water partition coefficient (Wildman–Crippen LogP) is 0.142. The van der Waals surface area contributed by atoms with Crippen LogP contribution in [0.25, 0.3) is 0 Å². The standard InChI is InChI=1S/C2H5F2NO/c3-2(4)6-1-5/h2H,1,5H2. The molecule has 0 spiro atoms. The highest BCUT2D eigenvalue weighted by Gasteiger charge is 1.94. The molecule has 4 heteroatoms. The molecule has 0 heterocycles. The van der Waals surface area contributed by atoms with Crippen molar-refractivity contribution in [3.05, 3.63) is 0 Å². The van der Waals surface area contributed by atoms with Gasteiger partial charge < -0.3 is 10.5 Å². The first-order chi connectivity index (χ1) is 2.77. The fourth-order valence-corrected chi connectivity index (χ4v) is 0.0727. The largest absolute Gasteiger partial charge is 0.346 e. The van der Waals surface area contributed by atoms with Crippen molar-refractivity contribution in [1.29, 1.82) is 0 Å². The monoisotopic (exact) mass is 97.0 g/mol. The third-order valence-electron chi connectivity index (χ3n) is 0.222. The number of hydrogen-bond acceptors (Lipinski definition) is 2. The Labute approximate surface area is 33.9 Å². The van der Waals surface area contributed by atoms with Gasteiger partial charge >= 0.3 is 6.61 Å². The van der Waals surface area contributed by atoms with Gasteiger partial charge in [-0.2, -0.15) is 8.78 Å². The lowest BCUT2D eigenvalue weighted by atomic mass is 11.3. The summed E-state index contributed by atoms with van der Waals surface area (Å²) < 4.78 is 25.0. The second-order valence-electron chi connectivity index (χ2n) is 0.594. The first-order valence-electron chi connectivity index (χ1n) is 1.37. The maximum Gasteiger partial charge on any atom is 0.346 e. The van der Waals surface area contributed by atoms with E-state index in [9.17, 15) is 8.78 Å². The van der Waals surface area contributed by atoms with E-state index in [2.05, 4.69) is 10.5 Å². The maximum absolute atomic E-state index is 10.7. The summed E-state index contributed by atoms with van der Waals surface area (Å²) in [5.41, 5.74) is 4.53. The zero-order chi connectivity index (χ0) is 4.99. The molecule has 0 aromatic heterocycles. The zero-order valence-electron chi connectivity index (χ0n) is 3.03.